The molecule has 238 valence electrons. The summed E-state index contributed by atoms with van der Waals surface area (Å²) < 4.78 is 0. The number of rotatable bonds is 8. The summed E-state index contributed by atoms with van der Waals surface area (Å²) in [5.41, 5.74) is 8.51. The number of benzene rings is 5. The number of nitrogens with zero attached hydrogens (tertiary/aromatic N) is 2. The summed E-state index contributed by atoms with van der Waals surface area (Å²) >= 11 is 0. The van der Waals surface area contributed by atoms with Crippen molar-refractivity contribution in [3.63, 3.8) is 0 Å². The predicted molar refractivity (Wildman–Crippen MR) is 196 cm³/mol. The molecule has 6 nitrogen and oxygen atoms in total. The molecule has 49 heavy (non-hydrogen) atoms. The highest BCUT2D eigenvalue weighted by Gasteiger charge is 2.42. The Kier molecular flexibility index (Phi) is 7.71. The Morgan fingerprint density at radius 2 is 1.29 bits per heavy atom. The van der Waals surface area contributed by atoms with Gasteiger partial charge in [-0.15, -0.1) is 0 Å². The maximum atomic E-state index is 14.0. The van der Waals surface area contributed by atoms with Crippen LogP contribution in [0.2, 0.25) is 0 Å². The molecule has 1 unspecified atom stereocenters. The van der Waals surface area contributed by atoms with E-state index in [1.54, 1.807) is 0 Å². The van der Waals surface area contributed by atoms with Crippen molar-refractivity contribution >= 4 is 21.8 Å². The van der Waals surface area contributed by atoms with Gasteiger partial charge >= 0.3 is 0 Å². The largest absolute Gasteiger partial charge is 0.395 e. The third-order valence-corrected chi connectivity index (χ3v) is 9.63. The fourth-order valence-corrected chi connectivity index (χ4v) is 7.49. The molecule has 5 aromatic carbocycles. The van der Waals surface area contributed by atoms with E-state index in [0.717, 1.165) is 61.1 Å². The highest BCUT2D eigenvalue weighted by atomic mass is 16.3. The minimum absolute atomic E-state index is 0.218. The van der Waals surface area contributed by atoms with Crippen LogP contribution in [-0.4, -0.2) is 31.9 Å². The highest BCUT2D eigenvalue weighted by molar-refractivity contribution is 6.08. The second-order valence-corrected chi connectivity index (χ2v) is 12.4. The molecule has 0 aliphatic carbocycles. The van der Waals surface area contributed by atoms with Crippen molar-refractivity contribution in [3.05, 3.63) is 201 Å². The summed E-state index contributed by atoms with van der Waals surface area (Å²) in [7, 11) is 0. The maximum absolute atomic E-state index is 14.0. The van der Waals surface area contributed by atoms with Crippen LogP contribution in [0.25, 0.3) is 33.1 Å². The Morgan fingerprint density at radius 3 is 1.84 bits per heavy atom. The van der Waals surface area contributed by atoms with Gasteiger partial charge in [0.25, 0.3) is 5.56 Å². The van der Waals surface area contributed by atoms with E-state index in [0.29, 0.717) is 11.1 Å². The molecule has 0 bridgehead atoms. The zero-order valence-electron chi connectivity index (χ0n) is 27.0. The van der Waals surface area contributed by atoms with E-state index in [1.807, 2.05) is 85.9 Å². The lowest BCUT2D eigenvalue weighted by Gasteiger charge is -2.38. The molecule has 0 spiro atoms. The van der Waals surface area contributed by atoms with E-state index in [4.69, 9.17) is 5.10 Å². The van der Waals surface area contributed by atoms with Crippen LogP contribution in [0.15, 0.2) is 157 Å². The van der Waals surface area contributed by atoms with E-state index >= 15 is 0 Å². The molecule has 3 aromatic heterocycles. The van der Waals surface area contributed by atoms with Crippen LogP contribution in [0.1, 0.15) is 45.0 Å². The zero-order valence-corrected chi connectivity index (χ0v) is 27.0. The molecule has 3 heterocycles. The lowest BCUT2D eigenvalue weighted by molar-refractivity contribution is 0.280. The van der Waals surface area contributed by atoms with E-state index in [2.05, 4.69) is 87.9 Å². The van der Waals surface area contributed by atoms with Crippen LogP contribution in [0.4, 0.5) is 0 Å². The number of pyridine rings is 2. The average molecular weight is 639 g/mol. The lowest BCUT2D eigenvalue weighted by atomic mass is 9.63. The number of aliphatic hydroxyl groups excluding tert-OH is 1. The number of H-pyrrole nitrogens is 2. The molecule has 0 amide bonds. The van der Waals surface area contributed by atoms with Crippen LogP contribution in [0.5, 0.6) is 0 Å². The van der Waals surface area contributed by atoms with Gasteiger partial charge in [0.05, 0.1) is 23.1 Å². The number of hydrogen-bond donors (Lipinski definition) is 3. The molecule has 0 fully saturated rings. The maximum Gasteiger partial charge on any atom is 0.252 e. The lowest BCUT2D eigenvalue weighted by Crippen LogP contribution is -2.32. The Labute approximate surface area is 283 Å². The van der Waals surface area contributed by atoms with Crippen molar-refractivity contribution in [1.29, 1.82) is 0 Å². The van der Waals surface area contributed by atoms with Gasteiger partial charge in [-0.25, -0.2) is 0 Å². The van der Waals surface area contributed by atoms with Crippen LogP contribution in [0, 0.1) is 6.92 Å². The summed E-state index contributed by atoms with van der Waals surface area (Å²) in [5, 5.41) is 20.8. The normalized spacial score (nSPS) is 12.4. The predicted octanol–water partition coefficient (Wildman–Crippen LogP) is 8.28. The van der Waals surface area contributed by atoms with Crippen molar-refractivity contribution < 1.29 is 5.11 Å². The Hall–Kier alpha value is -6.11. The van der Waals surface area contributed by atoms with Gasteiger partial charge in [0, 0.05) is 39.7 Å². The van der Waals surface area contributed by atoms with Crippen molar-refractivity contribution in [2.45, 2.75) is 18.3 Å². The van der Waals surface area contributed by atoms with Gasteiger partial charge in [0.15, 0.2) is 0 Å². The molecule has 3 N–H and O–H groups in total. The first kappa shape index (κ1) is 30.2. The number of hydrogen-bond acceptors (Lipinski definition) is 4. The van der Waals surface area contributed by atoms with E-state index in [-0.39, 0.29) is 12.2 Å². The van der Waals surface area contributed by atoms with Gasteiger partial charge in [0.2, 0.25) is 0 Å². The highest BCUT2D eigenvalue weighted by Crippen LogP contribution is 2.51. The Balaban J connectivity index is 1.62. The van der Waals surface area contributed by atoms with Gasteiger partial charge in [-0.05, 0) is 59.0 Å². The van der Waals surface area contributed by atoms with Gasteiger partial charge in [-0.1, -0.05) is 121 Å². The number of aliphatic hydroxyl groups is 1. The van der Waals surface area contributed by atoms with Crippen molar-refractivity contribution in [1.82, 2.24) is 20.2 Å². The molecule has 6 heteroatoms. The minimum atomic E-state index is -0.862. The first-order valence-corrected chi connectivity index (χ1v) is 16.4. The summed E-state index contributed by atoms with van der Waals surface area (Å²) in [4.78, 5) is 21.7. The third kappa shape index (κ3) is 5.05. The molecule has 0 radical (unpaired) electrons. The number of fused-ring (bicyclic) bond motifs is 2. The molecule has 0 aliphatic heterocycles. The SMILES string of the molecule is Cc1cc(-c2n[nH]c3cc4[nH]c(=O)c(C(CO)c5ccccc5)cc4c(C(c4ccccc4)(c4ccccc4)c4ccccc4)c23)ccn1. The monoisotopic (exact) mass is 638 g/mol. The topological polar surface area (TPSA) is 94.7 Å². The second-order valence-electron chi connectivity index (χ2n) is 12.4. The number of nitrogens with one attached hydrogen (secondary N) is 2. The fraction of sp³-hybridized carbons (Fsp3) is 0.0930. The average Bonchev–Trinajstić information content (AvgIpc) is 3.57. The molecule has 0 saturated carbocycles. The number of aromatic nitrogens is 4. The molecule has 8 aromatic rings. The van der Waals surface area contributed by atoms with Gasteiger partial charge in [0.1, 0.15) is 5.69 Å². The minimum Gasteiger partial charge on any atom is -0.395 e. The smallest absolute Gasteiger partial charge is 0.252 e. The quantitative estimate of drug-likeness (QED) is 0.146. The van der Waals surface area contributed by atoms with Crippen molar-refractivity contribution in [2.24, 2.45) is 0 Å². The van der Waals surface area contributed by atoms with E-state index in [1.165, 1.54) is 0 Å². The van der Waals surface area contributed by atoms with Crippen molar-refractivity contribution in [3.8, 4) is 11.3 Å². The summed E-state index contributed by atoms with van der Waals surface area (Å²) in [5.74, 6) is -0.524. The molecule has 8 rings (SSSR count). The van der Waals surface area contributed by atoms with Crippen LogP contribution >= 0.6 is 0 Å². The van der Waals surface area contributed by atoms with E-state index < -0.39 is 11.3 Å². The first-order chi connectivity index (χ1) is 24.1. The van der Waals surface area contributed by atoms with Crippen LogP contribution in [-0.2, 0) is 5.41 Å². The Morgan fingerprint density at radius 1 is 0.714 bits per heavy atom. The Bertz CT molecular complexity index is 2360. The molecule has 0 aliphatic rings. The molecule has 0 saturated heterocycles. The molecule has 1 atom stereocenters. The van der Waals surface area contributed by atoms with Crippen LogP contribution < -0.4 is 5.56 Å². The summed E-state index contributed by atoms with van der Waals surface area (Å²) in [6, 6.07) is 49.3. The number of aryl methyl sites for hydroxylation is 1. The summed E-state index contributed by atoms with van der Waals surface area (Å²) in [6.07, 6.45) is 1.81. The van der Waals surface area contributed by atoms with Gasteiger partial charge in [-0.3, -0.25) is 14.9 Å². The summed E-state index contributed by atoms with van der Waals surface area (Å²) in [6.45, 7) is 1.76. The standard InChI is InChI=1S/C43H34N4O2/c1-28-24-30(22-23-44-28)41-39-38(46-47-41)26-37-35(25-34(42(49)45-37)36(27-48)29-14-6-2-7-15-29)40(39)43(31-16-8-3-9-17-31,32-18-10-4-11-19-32)33-20-12-5-13-21-33/h2-26,36,48H,27H2,1H3,(H,45,49)(H,46,47). The zero-order chi connectivity index (χ0) is 33.4. The van der Waals surface area contributed by atoms with Gasteiger partial charge in [-0.2, -0.15) is 5.10 Å². The molecular weight excluding hydrogens is 604 g/mol. The fourth-order valence-electron chi connectivity index (χ4n) is 7.49. The second kappa shape index (κ2) is 12.5. The van der Waals surface area contributed by atoms with Crippen LogP contribution in [0.3, 0.4) is 0 Å². The first-order valence-electron chi connectivity index (χ1n) is 16.4. The third-order valence-electron chi connectivity index (χ3n) is 9.63. The number of aromatic amines is 2. The van der Waals surface area contributed by atoms with Crippen molar-refractivity contribution in [2.75, 3.05) is 6.61 Å². The molecular formula is C43H34N4O2. The van der Waals surface area contributed by atoms with Gasteiger partial charge < -0.3 is 10.1 Å². The van der Waals surface area contributed by atoms with E-state index in [9.17, 15) is 9.90 Å².